The number of likely N-dealkylation sites (N-methyl/N-ethyl adjacent to an activating group) is 1. The van der Waals surface area contributed by atoms with E-state index in [-0.39, 0.29) is 5.91 Å². The lowest BCUT2D eigenvalue weighted by Gasteiger charge is -2.12. The fourth-order valence-electron chi connectivity index (χ4n) is 0.102. The summed E-state index contributed by atoms with van der Waals surface area (Å²) in [5.74, 6) is -0.144. The third kappa shape index (κ3) is 7.75. The van der Waals surface area contributed by atoms with Gasteiger partial charge in [-0.2, -0.15) is 8.42 Å². The van der Waals surface area contributed by atoms with E-state index < -0.39 is 14.9 Å². The second-order valence-corrected chi connectivity index (χ2v) is 5.58. The van der Waals surface area contributed by atoms with Gasteiger partial charge in [0.05, 0.1) is 4.75 Å². The van der Waals surface area contributed by atoms with Crippen molar-refractivity contribution < 1.29 is 17.8 Å². The quantitative estimate of drug-likeness (QED) is 0.503. The highest BCUT2D eigenvalue weighted by Gasteiger charge is 2.25. The highest BCUT2D eigenvalue weighted by Crippen LogP contribution is 2.11. The van der Waals surface area contributed by atoms with Crippen molar-refractivity contribution in [1.29, 1.82) is 0 Å². The lowest BCUT2D eigenvalue weighted by Crippen LogP contribution is -2.26. The van der Waals surface area contributed by atoms with Crippen molar-refractivity contribution in [3.05, 3.63) is 12.7 Å². The summed E-state index contributed by atoms with van der Waals surface area (Å²) in [6.07, 6.45) is 1.22. The minimum absolute atomic E-state index is 0.144. The Bertz CT molecular complexity index is 287. The van der Waals surface area contributed by atoms with Crippen LogP contribution in [0.4, 0.5) is 0 Å². The molecule has 0 aliphatic heterocycles. The molecule has 0 saturated carbocycles. The van der Waals surface area contributed by atoms with Gasteiger partial charge in [0.25, 0.3) is 10.1 Å². The Balaban J connectivity index is 0. The molecule has 0 saturated heterocycles. The molecular weight excluding hydrogens is 206 g/mol. The largest absolute Gasteiger partial charge is 0.356 e. The Hall–Kier alpha value is -0.880. The molecular formula is C8H17NO4S. The van der Waals surface area contributed by atoms with E-state index in [4.69, 9.17) is 4.55 Å². The van der Waals surface area contributed by atoms with Crippen molar-refractivity contribution in [2.24, 2.45) is 0 Å². The molecule has 5 nitrogen and oxygen atoms in total. The molecule has 0 bridgehead atoms. The number of hydrogen-bond donors (Lipinski definition) is 2. The monoisotopic (exact) mass is 223 g/mol. The number of carbonyl (C=O) groups is 1. The standard InChI is InChI=1S/C4H7NO.C4H10O3S/c1-3-4(6)5-2;1-4(2,3)8(5,6)7/h3H,1H2,2H3,(H,5,6);1-3H3,(H,5,6,7). The van der Waals surface area contributed by atoms with Crippen LogP contribution in [0.1, 0.15) is 20.8 Å². The molecule has 0 spiro atoms. The Kier molecular flexibility index (Phi) is 6.42. The molecule has 0 aromatic heterocycles. The first-order chi connectivity index (χ1) is 6.06. The summed E-state index contributed by atoms with van der Waals surface area (Å²) in [5, 5.41) is 2.36. The average molecular weight is 223 g/mol. The molecule has 0 heterocycles. The lowest BCUT2D eigenvalue weighted by atomic mass is 10.3. The third-order valence-electron chi connectivity index (χ3n) is 1.21. The first-order valence-corrected chi connectivity index (χ1v) is 5.31. The highest BCUT2D eigenvalue weighted by molar-refractivity contribution is 7.87. The molecule has 0 rings (SSSR count). The van der Waals surface area contributed by atoms with E-state index in [0.717, 1.165) is 0 Å². The maximum absolute atomic E-state index is 10.2. The van der Waals surface area contributed by atoms with Gasteiger partial charge in [-0.05, 0) is 26.8 Å². The summed E-state index contributed by atoms with van der Waals surface area (Å²) in [7, 11) is -2.28. The van der Waals surface area contributed by atoms with Crippen molar-refractivity contribution in [1.82, 2.24) is 5.32 Å². The van der Waals surface area contributed by atoms with Crippen LogP contribution in [0.2, 0.25) is 0 Å². The van der Waals surface area contributed by atoms with Crippen molar-refractivity contribution >= 4 is 16.0 Å². The molecule has 0 atom stereocenters. The molecule has 0 aromatic rings. The number of carbonyl (C=O) groups excluding carboxylic acids is 1. The topological polar surface area (TPSA) is 83.5 Å². The van der Waals surface area contributed by atoms with E-state index in [1.807, 2.05) is 0 Å². The summed E-state index contributed by atoms with van der Waals surface area (Å²) in [6.45, 7) is 7.52. The second-order valence-electron chi connectivity index (χ2n) is 3.41. The van der Waals surface area contributed by atoms with Gasteiger partial charge in [-0.25, -0.2) is 0 Å². The van der Waals surface area contributed by atoms with Gasteiger partial charge in [0.2, 0.25) is 5.91 Å². The summed E-state index contributed by atoms with van der Waals surface area (Å²) in [5.41, 5.74) is 0. The Morgan fingerprint density at radius 3 is 1.71 bits per heavy atom. The Labute approximate surface area is 85.0 Å². The van der Waals surface area contributed by atoms with Crippen LogP contribution < -0.4 is 5.32 Å². The Morgan fingerprint density at radius 2 is 1.71 bits per heavy atom. The van der Waals surface area contributed by atoms with Crippen molar-refractivity contribution in [2.75, 3.05) is 7.05 Å². The fourth-order valence-corrected chi connectivity index (χ4v) is 0.102. The van der Waals surface area contributed by atoms with Crippen LogP contribution in [0.5, 0.6) is 0 Å². The number of rotatable bonds is 1. The molecule has 1 amide bonds. The highest BCUT2D eigenvalue weighted by atomic mass is 32.2. The van der Waals surface area contributed by atoms with Gasteiger partial charge in [-0.1, -0.05) is 6.58 Å². The van der Waals surface area contributed by atoms with Crippen molar-refractivity contribution in [2.45, 2.75) is 25.5 Å². The fraction of sp³-hybridized carbons (Fsp3) is 0.625. The zero-order valence-electron chi connectivity index (χ0n) is 8.86. The molecule has 0 aliphatic carbocycles. The van der Waals surface area contributed by atoms with Gasteiger partial charge in [-0.3, -0.25) is 9.35 Å². The minimum Gasteiger partial charge on any atom is -0.356 e. The molecule has 0 aliphatic rings. The molecule has 14 heavy (non-hydrogen) atoms. The normalized spacial score (nSPS) is 10.9. The SMILES string of the molecule is C=CC(=O)NC.CC(C)(C)S(=O)(=O)O. The van der Waals surface area contributed by atoms with Crippen LogP contribution >= 0.6 is 0 Å². The molecule has 0 fully saturated rings. The van der Waals surface area contributed by atoms with Crippen LogP contribution in [-0.2, 0) is 14.9 Å². The lowest BCUT2D eigenvalue weighted by molar-refractivity contribution is -0.116. The zero-order valence-corrected chi connectivity index (χ0v) is 9.68. The van der Waals surface area contributed by atoms with Gasteiger partial charge < -0.3 is 5.32 Å². The maximum Gasteiger partial charge on any atom is 0.269 e. The Morgan fingerprint density at radius 1 is 1.43 bits per heavy atom. The van der Waals surface area contributed by atoms with Gasteiger partial charge >= 0.3 is 0 Å². The van der Waals surface area contributed by atoms with Crippen LogP contribution in [0.3, 0.4) is 0 Å². The number of hydrogen-bond acceptors (Lipinski definition) is 3. The molecule has 6 heteroatoms. The van der Waals surface area contributed by atoms with E-state index >= 15 is 0 Å². The van der Waals surface area contributed by atoms with Gasteiger partial charge in [-0.15, -0.1) is 0 Å². The van der Waals surface area contributed by atoms with Crippen molar-refractivity contribution in [3.8, 4) is 0 Å². The smallest absolute Gasteiger partial charge is 0.269 e. The van der Waals surface area contributed by atoms with Crippen LogP contribution in [0.15, 0.2) is 12.7 Å². The number of amides is 1. The van der Waals surface area contributed by atoms with Crippen LogP contribution in [0, 0.1) is 0 Å². The molecule has 2 N–H and O–H groups in total. The predicted octanol–water partition coefficient (Wildman–Crippen LogP) is 0.591. The minimum atomic E-state index is -3.84. The summed E-state index contributed by atoms with van der Waals surface area (Å²) in [4.78, 5) is 9.95. The average Bonchev–Trinajstić information content (AvgIpc) is 2.00. The van der Waals surface area contributed by atoms with E-state index in [0.29, 0.717) is 0 Å². The van der Waals surface area contributed by atoms with Crippen LogP contribution in [0.25, 0.3) is 0 Å². The van der Waals surface area contributed by atoms with Crippen LogP contribution in [-0.4, -0.2) is 30.7 Å². The van der Waals surface area contributed by atoms with E-state index in [2.05, 4.69) is 11.9 Å². The van der Waals surface area contributed by atoms with Gasteiger partial charge in [0.15, 0.2) is 0 Å². The second kappa shape index (κ2) is 5.77. The first-order valence-electron chi connectivity index (χ1n) is 3.87. The van der Waals surface area contributed by atoms with Crippen molar-refractivity contribution in [3.63, 3.8) is 0 Å². The zero-order chi connectivity index (χ0) is 12.0. The van der Waals surface area contributed by atoms with Gasteiger partial charge in [0.1, 0.15) is 0 Å². The predicted molar refractivity (Wildman–Crippen MR) is 55.6 cm³/mol. The first kappa shape index (κ1) is 15.6. The summed E-state index contributed by atoms with van der Waals surface area (Å²) >= 11 is 0. The molecule has 0 aromatic carbocycles. The molecule has 84 valence electrons. The third-order valence-corrected chi connectivity index (χ3v) is 2.75. The van der Waals surface area contributed by atoms with E-state index in [9.17, 15) is 13.2 Å². The van der Waals surface area contributed by atoms with Gasteiger partial charge in [0, 0.05) is 7.05 Å². The van der Waals surface area contributed by atoms with E-state index in [1.54, 1.807) is 7.05 Å². The number of nitrogens with one attached hydrogen (secondary N) is 1. The summed E-state index contributed by atoms with van der Waals surface area (Å²) < 4.78 is 27.7. The maximum atomic E-state index is 10.2. The molecule has 0 radical (unpaired) electrons. The van der Waals surface area contributed by atoms with E-state index in [1.165, 1.54) is 26.8 Å². The summed E-state index contributed by atoms with van der Waals surface area (Å²) in [6, 6.07) is 0. The molecule has 0 unspecified atom stereocenters.